The first-order valence-corrected chi connectivity index (χ1v) is 7.89. The molecule has 0 radical (unpaired) electrons. The van der Waals surface area contributed by atoms with E-state index in [1.807, 2.05) is 24.4 Å². The third-order valence-corrected chi connectivity index (χ3v) is 4.87. The van der Waals surface area contributed by atoms with Gasteiger partial charge in [0.1, 0.15) is 0 Å². The van der Waals surface area contributed by atoms with Gasteiger partial charge in [-0.25, -0.2) is 4.98 Å². The number of aliphatic carboxylic acids is 1. The average Bonchev–Trinajstić information content (AvgIpc) is 3.08. The summed E-state index contributed by atoms with van der Waals surface area (Å²) in [5.41, 5.74) is 0.332. The van der Waals surface area contributed by atoms with Crippen molar-refractivity contribution in [3.63, 3.8) is 0 Å². The monoisotopic (exact) mass is 306 g/mol. The first-order valence-electron chi connectivity index (χ1n) is 7.01. The summed E-state index contributed by atoms with van der Waals surface area (Å²) in [5.74, 6) is 0.0713. The van der Waals surface area contributed by atoms with E-state index in [9.17, 15) is 9.90 Å². The van der Waals surface area contributed by atoms with Crippen LogP contribution >= 0.6 is 11.3 Å². The number of aromatic nitrogens is 1. The number of hydrogen-bond donors (Lipinski definition) is 1. The Labute approximate surface area is 127 Å². The van der Waals surface area contributed by atoms with Gasteiger partial charge in [0.25, 0.3) is 0 Å². The fourth-order valence-corrected chi connectivity index (χ4v) is 3.55. The smallest absolute Gasteiger partial charge is 0.310 e. The van der Waals surface area contributed by atoms with Gasteiger partial charge in [-0.3, -0.25) is 9.69 Å². The number of carbonyl (C=O) groups is 1. The highest BCUT2D eigenvalue weighted by Crippen LogP contribution is 2.31. The minimum absolute atomic E-state index is 0.579. The molecule has 5 nitrogen and oxygen atoms in total. The number of carboxylic acids is 1. The molecule has 2 aromatic rings. The molecule has 0 aromatic carbocycles. The Morgan fingerprint density at radius 3 is 3.19 bits per heavy atom. The molecular formula is C15H18N2O3S. The first-order chi connectivity index (χ1) is 10.1. The van der Waals surface area contributed by atoms with Gasteiger partial charge in [-0.1, -0.05) is 0 Å². The Morgan fingerprint density at radius 2 is 2.48 bits per heavy atom. The highest BCUT2D eigenvalue weighted by atomic mass is 32.1. The zero-order valence-electron chi connectivity index (χ0n) is 11.9. The summed E-state index contributed by atoms with van der Waals surface area (Å²) < 4.78 is 5.34. The van der Waals surface area contributed by atoms with Crippen LogP contribution in [0.15, 0.2) is 28.2 Å². The summed E-state index contributed by atoms with van der Waals surface area (Å²) in [6, 6.07) is 3.74. The Balaban J connectivity index is 1.68. The van der Waals surface area contributed by atoms with E-state index in [2.05, 4.69) is 9.88 Å². The van der Waals surface area contributed by atoms with Gasteiger partial charge >= 0.3 is 5.97 Å². The molecule has 1 atom stereocenters. The molecule has 1 unspecified atom stereocenters. The Kier molecular flexibility index (Phi) is 3.82. The Bertz CT molecular complexity index is 623. The normalized spacial score (nSPS) is 23.3. The second kappa shape index (κ2) is 5.61. The van der Waals surface area contributed by atoms with Crippen LogP contribution in [0, 0.1) is 5.41 Å². The third-order valence-electron chi connectivity index (χ3n) is 3.96. The fourth-order valence-electron chi connectivity index (χ4n) is 2.78. The molecule has 1 aliphatic heterocycles. The summed E-state index contributed by atoms with van der Waals surface area (Å²) in [6.07, 6.45) is 3.30. The summed E-state index contributed by atoms with van der Waals surface area (Å²) in [5, 5.41) is 12.2. The largest absolute Gasteiger partial charge is 0.481 e. The zero-order valence-corrected chi connectivity index (χ0v) is 12.7. The van der Waals surface area contributed by atoms with Crippen molar-refractivity contribution in [2.45, 2.75) is 26.3 Å². The number of rotatable bonds is 4. The van der Waals surface area contributed by atoms with Crippen LogP contribution in [0.3, 0.4) is 0 Å². The predicted octanol–water partition coefficient (Wildman–Crippen LogP) is 3.09. The molecule has 1 fully saturated rings. The van der Waals surface area contributed by atoms with Crippen molar-refractivity contribution in [1.82, 2.24) is 9.88 Å². The lowest BCUT2D eigenvalue weighted by atomic mass is 9.82. The van der Waals surface area contributed by atoms with Crippen molar-refractivity contribution in [3.05, 3.63) is 29.5 Å². The lowest BCUT2D eigenvalue weighted by Crippen LogP contribution is -2.45. The molecule has 0 saturated carbocycles. The average molecular weight is 306 g/mol. The van der Waals surface area contributed by atoms with Crippen LogP contribution in [0.1, 0.15) is 25.5 Å². The predicted molar refractivity (Wildman–Crippen MR) is 80.1 cm³/mol. The fraction of sp³-hybridized carbons (Fsp3) is 0.467. The van der Waals surface area contributed by atoms with Crippen LogP contribution < -0.4 is 0 Å². The van der Waals surface area contributed by atoms with Crippen LogP contribution in [0.4, 0.5) is 0 Å². The van der Waals surface area contributed by atoms with Crippen molar-refractivity contribution in [2.24, 2.45) is 5.41 Å². The minimum Gasteiger partial charge on any atom is -0.481 e. The van der Waals surface area contributed by atoms with E-state index < -0.39 is 11.4 Å². The summed E-state index contributed by atoms with van der Waals surface area (Å²) >= 11 is 1.55. The van der Waals surface area contributed by atoms with E-state index in [1.165, 1.54) is 0 Å². The van der Waals surface area contributed by atoms with Crippen molar-refractivity contribution in [2.75, 3.05) is 13.1 Å². The van der Waals surface area contributed by atoms with E-state index >= 15 is 0 Å². The molecule has 3 heterocycles. The van der Waals surface area contributed by atoms with Gasteiger partial charge in [-0.2, -0.15) is 0 Å². The number of likely N-dealkylation sites (tertiary alicyclic amines) is 1. The highest BCUT2D eigenvalue weighted by molar-refractivity contribution is 7.13. The molecule has 0 spiro atoms. The number of hydrogen-bond acceptors (Lipinski definition) is 5. The molecule has 1 N–H and O–H groups in total. The molecule has 21 heavy (non-hydrogen) atoms. The molecule has 0 amide bonds. The zero-order chi connectivity index (χ0) is 14.9. The molecular weight excluding hydrogens is 288 g/mol. The summed E-state index contributed by atoms with van der Waals surface area (Å²) in [7, 11) is 0. The van der Waals surface area contributed by atoms with Crippen molar-refractivity contribution in [3.8, 4) is 10.8 Å². The quantitative estimate of drug-likeness (QED) is 0.940. The van der Waals surface area contributed by atoms with Gasteiger partial charge in [0.2, 0.25) is 0 Å². The molecule has 1 aliphatic rings. The summed E-state index contributed by atoms with van der Waals surface area (Å²) in [4.78, 5) is 18.1. The van der Waals surface area contributed by atoms with Crippen LogP contribution in [-0.2, 0) is 11.3 Å². The van der Waals surface area contributed by atoms with E-state index in [0.717, 1.165) is 35.8 Å². The lowest BCUT2D eigenvalue weighted by Gasteiger charge is -2.37. The molecule has 112 valence electrons. The topological polar surface area (TPSA) is 66.6 Å². The Hall–Kier alpha value is -1.66. The third kappa shape index (κ3) is 3.01. The molecule has 6 heteroatoms. The number of thiazole rings is 1. The SMILES string of the molecule is CC1(C(=O)O)CCCN(Cc2csc(-c3ccco3)n2)C1. The summed E-state index contributed by atoms with van der Waals surface area (Å²) in [6.45, 7) is 4.03. The van der Waals surface area contributed by atoms with Crippen molar-refractivity contribution >= 4 is 17.3 Å². The van der Waals surface area contributed by atoms with Crippen LogP contribution in [0.5, 0.6) is 0 Å². The van der Waals surface area contributed by atoms with Gasteiger partial charge in [-0.15, -0.1) is 11.3 Å². The Morgan fingerprint density at radius 1 is 1.62 bits per heavy atom. The number of carboxylic acid groups (broad SMARTS) is 1. The number of furan rings is 1. The van der Waals surface area contributed by atoms with Gasteiger partial charge in [0, 0.05) is 18.5 Å². The minimum atomic E-state index is -0.707. The van der Waals surface area contributed by atoms with Gasteiger partial charge in [-0.05, 0) is 38.4 Å². The molecule has 2 aromatic heterocycles. The number of piperidine rings is 1. The maximum Gasteiger partial charge on any atom is 0.310 e. The standard InChI is InChI=1S/C15H18N2O3S/c1-15(14(18)19)5-3-6-17(10-15)8-11-9-21-13(16-11)12-4-2-7-20-12/h2,4,7,9H,3,5-6,8,10H2,1H3,(H,18,19). The van der Waals surface area contributed by atoms with Crippen molar-refractivity contribution in [1.29, 1.82) is 0 Å². The second-order valence-corrected chi connectivity index (χ2v) is 6.66. The van der Waals surface area contributed by atoms with E-state index in [-0.39, 0.29) is 0 Å². The molecule has 3 rings (SSSR count). The van der Waals surface area contributed by atoms with Crippen LogP contribution in [0.2, 0.25) is 0 Å². The number of nitrogens with zero attached hydrogens (tertiary/aromatic N) is 2. The van der Waals surface area contributed by atoms with E-state index in [0.29, 0.717) is 13.1 Å². The second-order valence-electron chi connectivity index (χ2n) is 5.80. The lowest BCUT2D eigenvalue weighted by molar-refractivity contribution is -0.151. The molecule has 1 saturated heterocycles. The first kappa shape index (κ1) is 14.3. The van der Waals surface area contributed by atoms with Crippen LogP contribution in [0.25, 0.3) is 10.8 Å². The highest BCUT2D eigenvalue weighted by Gasteiger charge is 2.37. The van der Waals surface area contributed by atoms with Crippen LogP contribution in [-0.4, -0.2) is 34.0 Å². The van der Waals surface area contributed by atoms with Gasteiger partial charge in [0.05, 0.1) is 17.4 Å². The molecule has 0 bridgehead atoms. The van der Waals surface area contributed by atoms with Gasteiger partial charge in [0.15, 0.2) is 10.8 Å². The van der Waals surface area contributed by atoms with Gasteiger partial charge < -0.3 is 9.52 Å². The van der Waals surface area contributed by atoms with Crippen molar-refractivity contribution < 1.29 is 14.3 Å². The van der Waals surface area contributed by atoms with E-state index in [1.54, 1.807) is 17.6 Å². The maximum atomic E-state index is 11.4. The van der Waals surface area contributed by atoms with E-state index in [4.69, 9.17) is 4.42 Å². The maximum absolute atomic E-state index is 11.4. The molecule has 0 aliphatic carbocycles.